The van der Waals surface area contributed by atoms with Crippen LogP contribution >= 0.6 is 0 Å². The van der Waals surface area contributed by atoms with Gasteiger partial charge in [0.05, 0.1) is 6.10 Å². The zero-order chi connectivity index (χ0) is 10.1. The molecule has 2 rings (SSSR count). The Morgan fingerprint density at radius 2 is 1.93 bits per heavy atom. The SMILES string of the molecule is Cc1cc(C)nc(CC(O)C2CC2)n1. The van der Waals surface area contributed by atoms with Crippen LogP contribution in [0, 0.1) is 19.8 Å². The monoisotopic (exact) mass is 192 g/mol. The van der Waals surface area contributed by atoms with Crippen molar-refractivity contribution in [2.75, 3.05) is 0 Å². The summed E-state index contributed by atoms with van der Waals surface area (Å²) >= 11 is 0. The molecular formula is C11H16N2O. The fourth-order valence-electron chi connectivity index (χ4n) is 1.73. The molecule has 1 heterocycles. The number of hydrogen-bond donors (Lipinski definition) is 1. The van der Waals surface area contributed by atoms with Gasteiger partial charge < -0.3 is 5.11 Å². The van der Waals surface area contributed by atoms with E-state index in [2.05, 4.69) is 9.97 Å². The number of nitrogens with zero attached hydrogens (tertiary/aromatic N) is 2. The summed E-state index contributed by atoms with van der Waals surface area (Å²) in [6.45, 7) is 3.92. The van der Waals surface area contributed by atoms with Gasteiger partial charge in [0.25, 0.3) is 0 Å². The van der Waals surface area contributed by atoms with Crippen LogP contribution in [0.15, 0.2) is 6.07 Å². The topological polar surface area (TPSA) is 46.0 Å². The number of hydrogen-bond acceptors (Lipinski definition) is 3. The molecule has 0 spiro atoms. The Kier molecular flexibility index (Phi) is 2.50. The van der Waals surface area contributed by atoms with Crippen LogP contribution in [0.4, 0.5) is 0 Å². The van der Waals surface area contributed by atoms with E-state index < -0.39 is 0 Å². The molecule has 0 radical (unpaired) electrons. The minimum absolute atomic E-state index is 0.240. The highest BCUT2D eigenvalue weighted by Crippen LogP contribution is 2.33. The van der Waals surface area contributed by atoms with Gasteiger partial charge in [-0.15, -0.1) is 0 Å². The first-order valence-electron chi connectivity index (χ1n) is 5.14. The van der Waals surface area contributed by atoms with Crippen molar-refractivity contribution in [3.63, 3.8) is 0 Å². The van der Waals surface area contributed by atoms with Gasteiger partial charge in [-0.3, -0.25) is 0 Å². The minimum Gasteiger partial charge on any atom is -0.392 e. The minimum atomic E-state index is -0.240. The lowest BCUT2D eigenvalue weighted by atomic mass is 10.1. The fourth-order valence-corrected chi connectivity index (χ4v) is 1.73. The quantitative estimate of drug-likeness (QED) is 0.787. The van der Waals surface area contributed by atoms with Crippen molar-refractivity contribution >= 4 is 0 Å². The average molecular weight is 192 g/mol. The van der Waals surface area contributed by atoms with Crippen LogP contribution in [-0.2, 0) is 6.42 Å². The van der Waals surface area contributed by atoms with Gasteiger partial charge in [-0.25, -0.2) is 9.97 Å². The van der Waals surface area contributed by atoms with Gasteiger partial charge in [0.2, 0.25) is 0 Å². The lowest BCUT2D eigenvalue weighted by Crippen LogP contribution is -2.15. The number of aliphatic hydroxyl groups is 1. The number of aliphatic hydroxyl groups excluding tert-OH is 1. The second-order valence-electron chi connectivity index (χ2n) is 4.18. The molecule has 76 valence electrons. The fraction of sp³-hybridized carbons (Fsp3) is 0.636. The third-order valence-electron chi connectivity index (χ3n) is 2.59. The summed E-state index contributed by atoms with van der Waals surface area (Å²) in [7, 11) is 0. The third-order valence-corrected chi connectivity index (χ3v) is 2.59. The van der Waals surface area contributed by atoms with E-state index in [0.29, 0.717) is 12.3 Å². The molecule has 1 fully saturated rings. The maximum Gasteiger partial charge on any atom is 0.131 e. The van der Waals surface area contributed by atoms with Crippen molar-refractivity contribution in [3.8, 4) is 0 Å². The molecule has 0 saturated heterocycles. The Bertz CT molecular complexity index is 314. The molecule has 0 bridgehead atoms. The Morgan fingerprint density at radius 1 is 1.36 bits per heavy atom. The van der Waals surface area contributed by atoms with Crippen molar-refractivity contribution in [1.82, 2.24) is 9.97 Å². The molecule has 1 aliphatic carbocycles. The Hall–Kier alpha value is -0.960. The van der Waals surface area contributed by atoms with E-state index in [1.165, 1.54) is 0 Å². The Morgan fingerprint density at radius 3 is 2.43 bits per heavy atom. The maximum atomic E-state index is 9.74. The van der Waals surface area contributed by atoms with Gasteiger partial charge in [-0.05, 0) is 38.7 Å². The van der Waals surface area contributed by atoms with Crippen LogP contribution in [0.5, 0.6) is 0 Å². The standard InChI is InChI=1S/C11H16N2O/c1-7-5-8(2)13-11(12-7)6-10(14)9-3-4-9/h5,9-10,14H,3-4,6H2,1-2H3. The maximum absolute atomic E-state index is 9.74. The third kappa shape index (κ3) is 2.29. The predicted octanol–water partition coefficient (Wildman–Crippen LogP) is 1.41. The summed E-state index contributed by atoms with van der Waals surface area (Å²) in [5.74, 6) is 1.28. The molecule has 0 aromatic carbocycles. The first-order valence-corrected chi connectivity index (χ1v) is 5.14. The largest absolute Gasteiger partial charge is 0.392 e. The van der Waals surface area contributed by atoms with E-state index in [1.807, 2.05) is 19.9 Å². The molecule has 1 saturated carbocycles. The second kappa shape index (κ2) is 3.65. The number of rotatable bonds is 3. The van der Waals surface area contributed by atoms with Crippen LogP contribution in [0.25, 0.3) is 0 Å². The van der Waals surface area contributed by atoms with Gasteiger partial charge in [-0.1, -0.05) is 0 Å². The molecule has 1 aromatic heterocycles. The molecule has 3 nitrogen and oxygen atoms in total. The van der Waals surface area contributed by atoms with Gasteiger partial charge in [0, 0.05) is 17.8 Å². The molecule has 0 aliphatic heterocycles. The normalized spacial score (nSPS) is 18.2. The molecule has 3 heteroatoms. The first-order chi connectivity index (χ1) is 6.65. The van der Waals surface area contributed by atoms with E-state index in [-0.39, 0.29) is 6.10 Å². The van der Waals surface area contributed by atoms with E-state index in [1.54, 1.807) is 0 Å². The summed E-state index contributed by atoms with van der Waals surface area (Å²) in [6.07, 6.45) is 2.68. The summed E-state index contributed by atoms with van der Waals surface area (Å²) in [6, 6.07) is 1.95. The molecule has 1 unspecified atom stereocenters. The summed E-state index contributed by atoms with van der Waals surface area (Å²) < 4.78 is 0. The van der Waals surface area contributed by atoms with Crippen LogP contribution < -0.4 is 0 Å². The highest BCUT2D eigenvalue weighted by Gasteiger charge is 2.30. The van der Waals surface area contributed by atoms with E-state index in [9.17, 15) is 5.11 Å². The average Bonchev–Trinajstić information content (AvgIpc) is 2.82. The predicted molar refractivity (Wildman–Crippen MR) is 53.9 cm³/mol. The van der Waals surface area contributed by atoms with Crippen LogP contribution in [0.1, 0.15) is 30.1 Å². The van der Waals surface area contributed by atoms with Crippen LogP contribution in [0.2, 0.25) is 0 Å². The molecule has 1 aliphatic rings. The van der Waals surface area contributed by atoms with Gasteiger partial charge in [0.15, 0.2) is 0 Å². The zero-order valence-electron chi connectivity index (χ0n) is 8.70. The second-order valence-corrected chi connectivity index (χ2v) is 4.18. The van der Waals surface area contributed by atoms with Gasteiger partial charge in [-0.2, -0.15) is 0 Å². The smallest absolute Gasteiger partial charge is 0.131 e. The van der Waals surface area contributed by atoms with Gasteiger partial charge >= 0.3 is 0 Å². The Labute approximate surface area is 84.2 Å². The molecule has 14 heavy (non-hydrogen) atoms. The molecular weight excluding hydrogens is 176 g/mol. The van der Waals surface area contributed by atoms with E-state index in [0.717, 1.165) is 30.1 Å². The lowest BCUT2D eigenvalue weighted by Gasteiger charge is -2.08. The van der Waals surface area contributed by atoms with E-state index in [4.69, 9.17) is 0 Å². The number of aromatic nitrogens is 2. The lowest BCUT2D eigenvalue weighted by molar-refractivity contribution is 0.149. The number of aryl methyl sites for hydroxylation is 2. The van der Waals surface area contributed by atoms with Crippen molar-refractivity contribution in [2.45, 2.75) is 39.2 Å². The highest BCUT2D eigenvalue weighted by molar-refractivity contribution is 5.09. The van der Waals surface area contributed by atoms with Gasteiger partial charge in [0.1, 0.15) is 5.82 Å². The van der Waals surface area contributed by atoms with Crippen molar-refractivity contribution in [3.05, 3.63) is 23.3 Å². The summed E-state index contributed by atoms with van der Waals surface area (Å²) in [5.41, 5.74) is 1.96. The molecule has 0 amide bonds. The van der Waals surface area contributed by atoms with Crippen molar-refractivity contribution in [1.29, 1.82) is 0 Å². The van der Waals surface area contributed by atoms with Crippen LogP contribution in [0.3, 0.4) is 0 Å². The molecule has 1 aromatic rings. The van der Waals surface area contributed by atoms with E-state index >= 15 is 0 Å². The summed E-state index contributed by atoms with van der Waals surface area (Å²) in [4.78, 5) is 8.63. The van der Waals surface area contributed by atoms with Crippen LogP contribution in [-0.4, -0.2) is 21.2 Å². The first kappa shape index (κ1) is 9.59. The molecule has 1 atom stereocenters. The highest BCUT2D eigenvalue weighted by atomic mass is 16.3. The van der Waals surface area contributed by atoms with Crippen molar-refractivity contribution < 1.29 is 5.11 Å². The zero-order valence-corrected chi connectivity index (χ0v) is 8.70. The van der Waals surface area contributed by atoms with Crippen molar-refractivity contribution in [2.24, 2.45) is 5.92 Å². The molecule has 1 N–H and O–H groups in total. The Balaban J connectivity index is 2.07. The summed E-state index contributed by atoms with van der Waals surface area (Å²) in [5, 5.41) is 9.74.